The van der Waals surface area contributed by atoms with E-state index in [2.05, 4.69) is 22.1 Å². The van der Waals surface area contributed by atoms with Gasteiger partial charge in [-0.05, 0) is 63.7 Å². The summed E-state index contributed by atoms with van der Waals surface area (Å²) in [4.78, 5) is 23.7. The van der Waals surface area contributed by atoms with Gasteiger partial charge in [0.15, 0.2) is 0 Å². The minimum Gasteiger partial charge on any atom is -0.353 e. The summed E-state index contributed by atoms with van der Waals surface area (Å²) >= 11 is 6.44. The lowest BCUT2D eigenvalue weighted by Crippen LogP contribution is -2.50. The van der Waals surface area contributed by atoms with E-state index in [1.54, 1.807) is 0 Å². The number of nitroso groups, excluding NO2 is 1. The first-order chi connectivity index (χ1) is 13.8. The average molecular weight is 448 g/mol. The zero-order valence-electron chi connectivity index (χ0n) is 17.2. The molecule has 2 N–H and O–H groups in total. The van der Waals surface area contributed by atoms with E-state index in [0.29, 0.717) is 25.2 Å². The normalized spacial score (nSPS) is 38.9. The molecule has 3 fully saturated rings. The third-order valence-electron chi connectivity index (χ3n) is 7.06. The minimum atomic E-state index is -3.50. The Balaban J connectivity index is 1.60. The molecule has 0 radical (unpaired) electrons. The van der Waals surface area contributed by atoms with Crippen molar-refractivity contribution in [1.82, 2.24) is 10.0 Å². The maximum absolute atomic E-state index is 13.0. The predicted molar refractivity (Wildman–Crippen MR) is 114 cm³/mol. The second-order valence-electron chi connectivity index (χ2n) is 9.22. The molecule has 0 aliphatic heterocycles. The molecule has 0 bridgehead atoms. The van der Waals surface area contributed by atoms with Crippen molar-refractivity contribution in [3.05, 3.63) is 4.91 Å². The number of halogens is 1. The van der Waals surface area contributed by atoms with Crippen LogP contribution in [0.5, 0.6) is 0 Å². The van der Waals surface area contributed by atoms with Gasteiger partial charge in [-0.25, -0.2) is 13.1 Å². The summed E-state index contributed by atoms with van der Waals surface area (Å²) < 4.78 is 29.0. The van der Waals surface area contributed by atoms with Crippen molar-refractivity contribution in [2.75, 3.05) is 0 Å². The molecule has 3 rings (SSSR count). The Kier molecular flexibility index (Phi) is 7.95. The van der Waals surface area contributed by atoms with Crippen LogP contribution in [0.15, 0.2) is 5.18 Å². The van der Waals surface area contributed by atoms with Gasteiger partial charge in [0.05, 0.1) is 17.2 Å². The van der Waals surface area contributed by atoms with Crippen LogP contribution in [0.25, 0.3) is 0 Å². The smallest absolute Gasteiger partial charge is 0.224 e. The standard InChI is InChI=1S/C20H34ClN3O4S/c1-13-5-2-3-8-19(13)24-29(27,28)16-9-10-18(21)17(12-16)20(25)22-14-6-4-7-15(11-14)23-26/h13-19,24H,2-12H2,1H3,(H,22,25). The number of amides is 1. The molecule has 3 aliphatic rings. The summed E-state index contributed by atoms with van der Waals surface area (Å²) in [5.41, 5.74) is 0. The van der Waals surface area contributed by atoms with Gasteiger partial charge < -0.3 is 5.32 Å². The molecular formula is C20H34ClN3O4S. The molecule has 0 heterocycles. The summed E-state index contributed by atoms with van der Waals surface area (Å²) in [6.07, 6.45) is 8.36. The van der Waals surface area contributed by atoms with Gasteiger partial charge >= 0.3 is 0 Å². The maximum atomic E-state index is 13.0. The fourth-order valence-electron chi connectivity index (χ4n) is 5.15. The maximum Gasteiger partial charge on any atom is 0.224 e. The molecule has 1 amide bonds. The number of hydrogen-bond donors (Lipinski definition) is 2. The Hall–Kier alpha value is -0.730. The van der Waals surface area contributed by atoms with E-state index in [0.717, 1.165) is 44.9 Å². The number of carbonyl (C=O) groups excluding carboxylic acids is 1. The molecule has 3 saturated carbocycles. The molecule has 7 unspecified atom stereocenters. The van der Waals surface area contributed by atoms with Gasteiger partial charge in [0.25, 0.3) is 0 Å². The van der Waals surface area contributed by atoms with Crippen LogP contribution in [0.3, 0.4) is 0 Å². The minimum absolute atomic E-state index is 0.00948. The summed E-state index contributed by atoms with van der Waals surface area (Å²) in [5.74, 6) is -0.375. The van der Waals surface area contributed by atoms with Gasteiger partial charge in [0.1, 0.15) is 0 Å². The van der Waals surface area contributed by atoms with Gasteiger partial charge in [-0.1, -0.05) is 24.9 Å². The lowest BCUT2D eigenvalue weighted by molar-refractivity contribution is -0.126. The van der Waals surface area contributed by atoms with E-state index >= 15 is 0 Å². The monoisotopic (exact) mass is 447 g/mol. The first-order valence-corrected chi connectivity index (χ1v) is 13.1. The van der Waals surface area contributed by atoms with Crippen molar-refractivity contribution in [1.29, 1.82) is 0 Å². The molecular weight excluding hydrogens is 414 g/mol. The molecule has 29 heavy (non-hydrogen) atoms. The SMILES string of the molecule is CC1CCCCC1NS(=O)(=O)C1CCC(Cl)C(C(=O)NC2CCCC(N=O)C2)C1. The van der Waals surface area contributed by atoms with Crippen molar-refractivity contribution in [3.8, 4) is 0 Å². The first-order valence-electron chi connectivity index (χ1n) is 11.1. The van der Waals surface area contributed by atoms with Crippen molar-refractivity contribution in [2.45, 2.75) is 106 Å². The van der Waals surface area contributed by atoms with Crippen LogP contribution in [0, 0.1) is 16.7 Å². The fourth-order valence-corrected chi connectivity index (χ4v) is 7.36. The molecule has 7 atom stereocenters. The number of nitrogens with zero attached hydrogens (tertiary/aromatic N) is 1. The van der Waals surface area contributed by atoms with Crippen LogP contribution < -0.4 is 10.0 Å². The summed E-state index contributed by atoms with van der Waals surface area (Å²) in [7, 11) is -3.50. The summed E-state index contributed by atoms with van der Waals surface area (Å²) in [5, 5.41) is 5.18. The quantitative estimate of drug-likeness (QED) is 0.480. The lowest BCUT2D eigenvalue weighted by Gasteiger charge is -2.36. The Morgan fingerprint density at radius 3 is 2.48 bits per heavy atom. The van der Waals surface area contributed by atoms with E-state index in [-0.39, 0.29) is 35.8 Å². The van der Waals surface area contributed by atoms with Gasteiger partial charge in [-0.15, -0.1) is 11.6 Å². The second kappa shape index (κ2) is 10.1. The van der Waals surface area contributed by atoms with Crippen LogP contribution in [0.4, 0.5) is 0 Å². The van der Waals surface area contributed by atoms with Gasteiger partial charge in [0, 0.05) is 17.5 Å². The van der Waals surface area contributed by atoms with Crippen LogP contribution in [-0.2, 0) is 14.8 Å². The molecule has 166 valence electrons. The van der Waals surface area contributed by atoms with E-state index in [1.165, 1.54) is 0 Å². The van der Waals surface area contributed by atoms with Crippen LogP contribution in [0.2, 0.25) is 0 Å². The Bertz CT molecular complexity index is 689. The molecule has 3 aliphatic carbocycles. The van der Waals surface area contributed by atoms with Crippen molar-refractivity contribution in [3.63, 3.8) is 0 Å². The Labute approximate surface area is 179 Å². The number of nitrogens with one attached hydrogen (secondary N) is 2. The van der Waals surface area contributed by atoms with Gasteiger partial charge in [-0.2, -0.15) is 4.91 Å². The second-order valence-corrected chi connectivity index (χ2v) is 11.8. The highest BCUT2D eigenvalue weighted by Gasteiger charge is 2.41. The number of carbonyl (C=O) groups is 1. The summed E-state index contributed by atoms with van der Waals surface area (Å²) in [6, 6.07) is -0.340. The van der Waals surface area contributed by atoms with Crippen LogP contribution in [-0.4, -0.2) is 43.1 Å². The predicted octanol–water partition coefficient (Wildman–Crippen LogP) is 3.45. The highest BCUT2D eigenvalue weighted by Crippen LogP contribution is 2.34. The topological polar surface area (TPSA) is 105 Å². The van der Waals surface area contributed by atoms with Crippen molar-refractivity contribution < 1.29 is 13.2 Å². The van der Waals surface area contributed by atoms with Crippen molar-refractivity contribution in [2.24, 2.45) is 17.0 Å². The Morgan fingerprint density at radius 2 is 1.76 bits per heavy atom. The van der Waals surface area contributed by atoms with Crippen LogP contribution >= 0.6 is 11.6 Å². The summed E-state index contributed by atoms with van der Waals surface area (Å²) in [6.45, 7) is 2.10. The molecule has 9 heteroatoms. The van der Waals surface area contributed by atoms with Crippen LogP contribution in [0.1, 0.15) is 77.6 Å². The first kappa shape index (κ1) is 22.9. The zero-order valence-corrected chi connectivity index (χ0v) is 18.8. The van der Waals surface area contributed by atoms with E-state index < -0.39 is 21.2 Å². The number of alkyl halides is 1. The number of rotatable bonds is 6. The van der Waals surface area contributed by atoms with Gasteiger partial charge in [-0.3, -0.25) is 4.79 Å². The van der Waals surface area contributed by atoms with Gasteiger partial charge in [0.2, 0.25) is 15.9 Å². The third-order valence-corrected chi connectivity index (χ3v) is 9.52. The highest BCUT2D eigenvalue weighted by molar-refractivity contribution is 7.90. The number of sulfonamides is 1. The fraction of sp³-hybridized carbons (Fsp3) is 0.950. The zero-order chi connectivity index (χ0) is 21.0. The van der Waals surface area contributed by atoms with E-state index in [4.69, 9.17) is 11.6 Å². The lowest BCUT2D eigenvalue weighted by atomic mass is 9.86. The average Bonchev–Trinajstić information content (AvgIpc) is 2.70. The highest BCUT2D eigenvalue weighted by atomic mass is 35.5. The number of hydrogen-bond acceptors (Lipinski definition) is 5. The van der Waals surface area contributed by atoms with E-state index in [1.807, 2.05) is 0 Å². The molecule has 0 saturated heterocycles. The third kappa shape index (κ3) is 5.91. The molecule has 0 spiro atoms. The molecule has 0 aromatic carbocycles. The molecule has 0 aromatic heterocycles. The molecule has 0 aromatic rings. The Morgan fingerprint density at radius 1 is 1.00 bits per heavy atom. The molecule has 7 nitrogen and oxygen atoms in total. The van der Waals surface area contributed by atoms with E-state index in [9.17, 15) is 18.1 Å². The largest absolute Gasteiger partial charge is 0.353 e. The van der Waals surface area contributed by atoms with Crippen molar-refractivity contribution >= 4 is 27.5 Å².